The maximum atomic E-state index is 12.2. The highest BCUT2D eigenvalue weighted by Gasteiger charge is 2.43. The summed E-state index contributed by atoms with van der Waals surface area (Å²) in [7, 11) is 0. The van der Waals surface area contributed by atoms with Crippen molar-refractivity contribution in [2.45, 2.75) is 26.7 Å². The van der Waals surface area contributed by atoms with Crippen LogP contribution in [0.3, 0.4) is 0 Å². The maximum absolute atomic E-state index is 12.2. The molecule has 2 atom stereocenters. The van der Waals surface area contributed by atoms with Gasteiger partial charge < -0.3 is 13.9 Å². The Bertz CT molecular complexity index is 1400. The summed E-state index contributed by atoms with van der Waals surface area (Å²) in [5.41, 5.74) is 6.18. The monoisotopic (exact) mass is 414 g/mol. The van der Waals surface area contributed by atoms with Gasteiger partial charge in [0.1, 0.15) is 11.3 Å². The molecule has 2 unspecified atom stereocenters. The van der Waals surface area contributed by atoms with Crippen LogP contribution < -0.4 is 15.1 Å². The number of nitrogens with zero attached hydrogens (tertiary/aromatic N) is 2. The number of fused-ring (bicyclic) bond motifs is 7. The van der Waals surface area contributed by atoms with Crippen LogP contribution in [0.25, 0.3) is 16.7 Å². The first kappa shape index (κ1) is 18.2. The normalized spacial score (nSPS) is 19.2. The van der Waals surface area contributed by atoms with Gasteiger partial charge >= 0.3 is 5.63 Å². The van der Waals surface area contributed by atoms with Gasteiger partial charge in [0.05, 0.1) is 24.6 Å². The Kier molecular flexibility index (Phi) is 3.81. The molecule has 6 nitrogen and oxygen atoms in total. The Labute approximate surface area is 179 Å². The van der Waals surface area contributed by atoms with Crippen LogP contribution in [0.5, 0.6) is 11.6 Å². The van der Waals surface area contributed by atoms with Crippen LogP contribution in [0.4, 0.5) is 0 Å². The number of aryl methyl sites for hydroxylation is 3. The van der Waals surface area contributed by atoms with Gasteiger partial charge in [0, 0.05) is 34.4 Å². The standard InChI is InChI=1S/C25H22N2O4/c1-13-4-6-17(7-5-13)27-25-21(15(3)26-27)22-16(12-30-25)11-29-19-9-8-18-14(2)10-20(28)31-24(18)23(19)22/h4-10,16,22H,11-12H2,1-3H3. The number of aromatic nitrogens is 2. The van der Waals surface area contributed by atoms with Crippen molar-refractivity contribution in [2.75, 3.05) is 13.2 Å². The molecule has 0 saturated carbocycles. The molecular formula is C25H22N2O4. The van der Waals surface area contributed by atoms with Gasteiger partial charge in [0.2, 0.25) is 5.88 Å². The number of benzene rings is 2. The minimum Gasteiger partial charge on any atom is -0.493 e. The smallest absolute Gasteiger partial charge is 0.336 e. The SMILES string of the molecule is Cc1ccc(-n2nc(C)c3c2OCC2COc4ccc5c(C)cc(=O)oc5c4C32)cc1. The van der Waals surface area contributed by atoms with Crippen LogP contribution in [-0.2, 0) is 0 Å². The third-order valence-corrected chi connectivity index (χ3v) is 6.44. The Balaban J connectivity index is 1.62. The minimum absolute atomic E-state index is 0.0136. The van der Waals surface area contributed by atoms with Gasteiger partial charge in [-0.3, -0.25) is 0 Å². The topological polar surface area (TPSA) is 66.5 Å². The van der Waals surface area contributed by atoms with Crippen molar-refractivity contribution in [1.82, 2.24) is 9.78 Å². The molecule has 0 bridgehead atoms. The molecule has 0 amide bonds. The first-order valence-electron chi connectivity index (χ1n) is 10.5. The Hall–Kier alpha value is -3.54. The summed E-state index contributed by atoms with van der Waals surface area (Å²) in [4.78, 5) is 12.2. The third-order valence-electron chi connectivity index (χ3n) is 6.44. The second kappa shape index (κ2) is 6.48. The zero-order chi connectivity index (χ0) is 21.3. The molecule has 2 aliphatic heterocycles. The van der Waals surface area contributed by atoms with Crippen LogP contribution in [0.15, 0.2) is 51.7 Å². The minimum atomic E-state index is -0.347. The van der Waals surface area contributed by atoms with Crippen molar-refractivity contribution in [3.05, 3.63) is 80.8 Å². The van der Waals surface area contributed by atoms with E-state index in [9.17, 15) is 4.79 Å². The molecule has 0 saturated heterocycles. The molecule has 31 heavy (non-hydrogen) atoms. The van der Waals surface area contributed by atoms with E-state index in [-0.39, 0.29) is 17.5 Å². The molecular weight excluding hydrogens is 392 g/mol. The van der Waals surface area contributed by atoms with Crippen LogP contribution in [0.2, 0.25) is 0 Å². The first-order chi connectivity index (χ1) is 15.0. The fourth-order valence-corrected chi connectivity index (χ4v) is 4.92. The molecule has 6 rings (SSSR count). The highest BCUT2D eigenvalue weighted by molar-refractivity contribution is 5.86. The van der Waals surface area contributed by atoms with Crippen LogP contribution in [0.1, 0.15) is 33.9 Å². The molecule has 0 fully saturated rings. The average Bonchev–Trinajstić information content (AvgIpc) is 3.10. The molecule has 4 aromatic rings. The van der Waals surface area contributed by atoms with E-state index < -0.39 is 0 Å². The predicted octanol–water partition coefficient (Wildman–Crippen LogP) is 4.44. The summed E-state index contributed by atoms with van der Waals surface area (Å²) in [6.45, 7) is 7.07. The van der Waals surface area contributed by atoms with E-state index in [1.54, 1.807) is 0 Å². The van der Waals surface area contributed by atoms with Gasteiger partial charge in [0.15, 0.2) is 0 Å². The number of hydrogen-bond donors (Lipinski definition) is 0. The van der Waals surface area contributed by atoms with Gasteiger partial charge in [-0.1, -0.05) is 17.7 Å². The van der Waals surface area contributed by atoms with Gasteiger partial charge in [-0.25, -0.2) is 9.48 Å². The lowest BCUT2D eigenvalue weighted by molar-refractivity contribution is 0.121. The summed E-state index contributed by atoms with van der Waals surface area (Å²) in [5, 5.41) is 5.76. The second-order valence-electron chi connectivity index (χ2n) is 8.51. The van der Waals surface area contributed by atoms with E-state index in [1.807, 2.05) is 42.8 Å². The van der Waals surface area contributed by atoms with E-state index >= 15 is 0 Å². The molecule has 2 aliphatic rings. The summed E-state index contributed by atoms with van der Waals surface area (Å²) < 4.78 is 19.9. The zero-order valence-electron chi connectivity index (χ0n) is 17.6. The van der Waals surface area contributed by atoms with E-state index in [1.165, 1.54) is 11.6 Å². The van der Waals surface area contributed by atoms with Crippen molar-refractivity contribution < 1.29 is 13.9 Å². The lowest BCUT2D eigenvalue weighted by Gasteiger charge is -2.37. The largest absolute Gasteiger partial charge is 0.493 e. The van der Waals surface area contributed by atoms with Crippen molar-refractivity contribution in [3.63, 3.8) is 0 Å². The number of rotatable bonds is 1. The molecule has 6 heteroatoms. The van der Waals surface area contributed by atoms with E-state index in [0.717, 1.165) is 45.1 Å². The molecule has 0 aliphatic carbocycles. The predicted molar refractivity (Wildman–Crippen MR) is 117 cm³/mol. The van der Waals surface area contributed by atoms with Crippen LogP contribution >= 0.6 is 0 Å². The van der Waals surface area contributed by atoms with E-state index in [0.29, 0.717) is 18.8 Å². The molecule has 0 N–H and O–H groups in total. The van der Waals surface area contributed by atoms with E-state index in [2.05, 4.69) is 19.1 Å². The molecule has 2 aromatic carbocycles. The lowest BCUT2D eigenvalue weighted by Crippen LogP contribution is -2.35. The van der Waals surface area contributed by atoms with Crippen LogP contribution in [0, 0.1) is 26.7 Å². The Morgan fingerprint density at radius 1 is 0.968 bits per heavy atom. The van der Waals surface area contributed by atoms with Gasteiger partial charge in [0.25, 0.3) is 0 Å². The molecule has 156 valence electrons. The van der Waals surface area contributed by atoms with Crippen molar-refractivity contribution in [1.29, 1.82) is 0 Å². The quantitative estimate of drug-likeness (QED) is 0.431. The van der Waals surface area contributed by atoms with Gasteiger partial charge in [-0.15, -0.1) is 0 Å². The second-order valence-corrected chi connectivity index (χ2v) is 8.51. The van der Waals surface area contributed by atoms with E-state index in [4.69, 9.17) is 19.0 Å². The highest BCUT2D eigenvalue weighted by atomic mass is 16.5. The van der Waals surface area contributed by atoms with Crippen molar-refractivity contribution in [3.8, 4) is 17.3 Å². The van der Waals surface area contributed by atoms with Gasteiger partial charge in [-0.05, 0) is 50.6 Å². The summed E-state index contributed by atoms with van der Waals surface area (Å²) in [6, 6.07) is 13.7. The molecule has 4 heterocycles. The molecule has 0 spiro atoms. The Morgan fingerprint density at radius 2 is 1.74 bits per heavy atom. The molecule has 2 aromatic heterocycles. The lowest BCUT2D eigenvalue weighted by atomic mass is 9.77. The van der Waals surface area contributed by atoms with Crippen molar-refractivity contribution in [2.24, 2.45) is 5.92 Å². The summed E-state index contributed by atoms with van der Waals surface area (Å²) >= 11 is 0. The van der Waals surface area contributed by atoms with Crippen LogP contribution in [-0.4, -0.2) is 23.0 Å². The fourth-order valence-electron chi connectivity index (χ4n) is 4.92. The fraction of sp³-hybridized carbons (Fsp3) is 0.280. The van der Waals surface area contributed by atoms with Gasteiger partial charge in [-0.2, -0.15) is 5.10 Å². The number of hydrogen-bond acceptors (Lipinski definition) is 5. The highest BCUT2D eigenvalue weighted by Crippen LogP contribution is 2.51. The average molecular weight is 414 g/mol. The zero-order valence-corrected chi connectivity index (χ0v) is 17.6. The first-order valence-corrected chi connectivity index (χ1v) is 10.5. The molecule has 0 radical (unpaired) electrons. The Morgan fingerprint density at radius 3 is 2.55 bits per heavy atom. The third kappa shape index (κ3) is 2.64. The van der Waals surface area contributed by atoms with Crippen molar-refractivity contribution >= 4 is 11.0 Å². The summed E-state index contributed by atoms with van der Waals surface area (Å²) in [6.07, 6.45) is 0. The summed E-state index contributed by atoms with van der Waals surface area (Å²) in [5.74, 6) is 1.62. The maximum Gasteiger partial charge on any atom is 0.336 e. The number of ether oxygens (including phenoxy) is 2.